The quantitative estimate of drug-likeness (QED) is 0.713. The summed E-state index contributed by atoms with van der Waals surface area (Å²) in [5.41, 5.74) is 3.82. The van der Waals surface area contributed by atoms with Crippen molar-refractivity contribution in [2.24, 2.45) is 0 Å². The van der Waals surface area contributed by atoms with E-state index in [0.29, 0.717) is 6.54 Å². The second-order valence-corrected chi connectivity index (χ2v) is 6.76. The van der Waals surface area contributed by atoms with Crippen LogP contribution in [0.25, 0.3) is 5.69 Å². The molecule has 0 aliphatic rings. The molecule has 0 aliphatic heterocycles. The minimum atomic E-state index is -0.674. The van der Waals surface area contributed by atoms with E-state index >= 15 is 0 Å². The van der Waals surface area contributed by atoms with Crippen LogP contribution < -0.4 is 5.32 Å². The predicted molar refractivity (Wildman–Crippen MR) is 105 cm³/mol. The molecule has 3 rings (SSSR count). The molecule has 0 saturated carbocycles. The third kappa shape index (κ3) is 3.98. The lowest BCUT2D eigenvalue weighted by Gasteiger charge is -2.22. The van der Waals surface area contributed by atoms with Crippen molar-refractivity contribution in [1.29, 1.82) is 0 Å². The van der Waals surface area contributed by atoms with Crippen molar-refractivity contribution in [2.75, 3.05) is 7.05 Å². The van der Waals surface area contributed by atoms with Crippen LogP contribution in [0.1, 0.15) is 34.4 Å². The Hall–Kier alpha value is -3.35. The molecule has 2 heterocycles. The molecule has 2 amide bonds. The van der Waals surface area contributed by atoms with Crippen LogP contribution in [0.2, 0.25) is 0 Å². The molecule has 3 aromatic rings. The standard InChI is InChI=1S/C21H24N4O3/c1-14-18(16(3)25(23-14)17-9-6-5-7-10-17)13-24(4)21(27)15(2)22-20(26)19-11-8-12-28-19/h5-12,15H,13H2,1-4H3,(H,22,26)/t15-/m0/s1. The van der Waals surface area contributed by atoms with Gasteiger partial charge in [-0.2, -0.15) is 5.10 Å². The number of nitrogens with one attached hydrogen (secondary N) is 1. The Labute approximate surface area is 163 Å². The van der Waals surface area contributed by atoms with E-state index in [4.69, 9.17) is 4.42 Å². The molecule has 1 atom stereocenters. The first-order chi connectivity index (χ1) is 13.4. The zero-order valence-electron chi connectivity index (χ0n) is 16.5. The van der Waals surface area contributed by atoms with Gasteiger partial charge in [0.05, 0.1) is 17.6 Å². The fourth-order valence-electron chi connectivity index (χ4n) is 3.11. The molecule has 0 saturated heterocycles. The van der Waals surface area contributed by atoms with Gasteiger partial charge in [0, 0.05) is 24.8 Å². The highest BCUT2D eigenvalue weighted by Gasteiger charge is 2.23. The molecular weight excluding hydrogens is 356 g/mol. The number of carbonyl (C=O) groups is 2. The van der Waals surface area contributed by atoms with E-state index < -0.39 is 11.9 Å². The molecule has 146 valence electrons. The highest BCUT2D eigenvalue weighted by atomic mass is 16.3. The predicted octanol–water partition coefficient (Wildman–Crippen LogP) is 2.86. The molecule has 28 heavy (non-hydrogen) atoms. The maximum atomic E-state index is 12.7. The van der Waals surface area contributed by atoms with E-state index in [1.807, 2.05) is 48.9 Å². The number of carbonyl (C=O) groups excluding carboxylic acids is 2. The third-order valence-electron chi connectivity index (χ3n) is 4.68. The zero-order valence-corrected chi connectivity index (χ0v) is 16.5. The van der Waals surface area contributed by atoms with Gasteiger partial charge in [-0.05, 0) is 45.0 Å². The van der Waals surface area contributed by atoms with Crippen molar-refractivity contribution in [3.8, 4) is 5.69 Å². The Bertz CT molecular complexity index is 961. The van der Waals surface area contributed by atoms with Gasteiger partial charge in [0.15, 0.2) is 5.76 Å². The Morgan fingerprint density at radius 1 is 1.18 bits per heavy atom. The number of hydrogen-bond acceptors (Lipinski definition) is 4. The van der Waals surface area contributed by atoms with Gasteiger partial charge in [-0.15, -0.1) is 0 Å². The summed E-state index contributed by atoms with van der Waals surface area (Å²) in [6, 6.07) is 12.4. The lowest BCUT2D eigenvalue weighted by Crippen LogP contribution is -2.45. The summed E-state index contributed by atoms with van der Waals surface area (Å²) in [6.07, 6.45) is 1.42. The summed E-state index contributed by atoms with van der Waals surface area (Å²) in [7, 11) is 1.72. The second-order valence-electron chi connectivity index (χ2n) is 6.76. The number of benzene rings is 1. The first-order valence-corrected chi connectivity index (χ1v) is 9.08. The van der Waals surface area contributed by atoms with E-state index in [9.17, 15) is 9.59 Å². The molecular formula is C21H24N4O3. The smallest absolute Gasteiger partial charge is 0.287 e. The van der Waals surface area contributed by atoms with Gasteiger partial charge in [-0.1, -0.05) is 18.2 Å². The van der Waals surface area contributed by atoms with Gasteiger partial charge in [0.1, 0.15) is 6.04 Å². The number of furan rings is 1. The summed E-state index contributed by atoms with van der Waals surface area (Å²) in [6.45, 7) is 5.99. The monoisotopic (exact) mass is 380 g/mol. The van der Waals surface area contributed by atoms with Crippen molar-refractivity contribution in [3.05, 3.63) is 71.4 Å². The molecule has 0 bridgehead atoms. The van der Waals surface area contributed by atoms with Crippen molar-refractivity contribution >= 4 is 11.8 Å². The third-order valence-corrected chi connectivity index (χ3v) is 4.68. The topological polar surface area (TPSA) is 80.4 Å². The van der Waals surface area contributed by atoms with Gasteiger partial charge < -0.3 is 14.6 Å². The number of aryl methyl sites for hydroxylation is 1. The van der Waals surface area contributed by atoms with Crippen LogP contribution in [-0.4, -0.2) is 39.6 Å². The largest absolute Gasteiger partial charge is 0.459 e. The molecule has 0 spiro atoms. The van der Waals surface area contributed by atoms with E-state index in [2.05, 4.69) is 10.4 Å². The zero-order chi connectivity index (χ0) is 20.3. The maximum absolute atomic E-state index is 12.7. The number of amides is 2. The fraction of sp³-hybridized carbons (Fsp3) is 0.286. The number of hydrogen-bond donors (Lipinski definition) is 1. The van der Waals surface area contributed by atoms with Gasteiger partial charge in [0.25, 0.3) is 5.91 Å². The van der Waals surface area contributed by atoms with Gasteiger partial charge in [0.2, 0.25) is 5.91 Å². The average Bonchev–Trinajstić information content (AvgIpc) is 3.32. The van der Waals surface area contributed by atoms with E-state index in [1.54, 1.807) is 31.0 Å². The van der Waals surface area contributed by atoms with Crippen LogP contribution in [0, 0.1) is 13.8 Å². The lowest BCUT2D eigenvalue weighted by atomic mass is 10.1. The SMILES string of the molecule is Cc1nn(-c2ccccc2)c(C)c1CN(C)C(=O)[C@H](C)NC(=O)c1ccco1. The highest BCUT2D eigenvalue weighted by Crippen LogP contribution is 2.19. The van der Waals surface area contributed by atoms with Crippen LogP contribution in [0.3, 0.4) is 0 Å². The van der Waals surface area contributed by atoms with Crippen molar-refractivity contribution < 1.29 is 14.0 Å². The van der Waals surface area contributed by atoms with Crippen LogP contribution in [-0.2, 0) is 11.3 Å². The van der Waals surface area contributed by atoms with Gasteiger partial charge in [-0.25, -0.2) is 4.68 Å². The summed E-state index contributed by atoms with van der Waals surface area (Å²) in [4.78, 5) is 26.4. The first kappa shape index (κ1) is 19.4. The molecule has 0 fully saturated rings. The van der Waals surface area contributed by atoms with Crippen molar-refractivity contribution in [1.82, 2.24) is 20.0 Å². The Balaban J connectivity index is 1.70. The van der Waals surface area contributed by atoms with Crippen molar-refractivity contribution in [2.45, 2.75) is 33.4 Å². The number of nitrogens with zero attached hydrogens (tertiary/aromatic N) is 3. The minimum absolute atomic E-state index is 0.179. The fourth-order valence-corrected chi connectivity index (χ4v) is 3.11. The number of aromatic nitrogens is 2. The van der Waals surface area contributed by atoms with Crippen LogP contribution in [0.4, 0.5) is 0 Å². The van der Waals surface area contributed by atoms with E-state index in [1.165, 1.54) is 6.26 Å². The Morgan fingerprint density at radius 3 is 2.54 bits per heavy atom. The molecule has 0 radical (unpaired) electrons. The summed E-state index contributed by atoms with van der Waals surface area (Å²) in [5.74, 6) is -0.423. The molecule has 0 unspecified atom stereocenters. The number of rotatable bonds is 6. The van der Waals surface area contributed by atoms with Crippen LogP contribution >= 0.6 is 0 Å². The molecule has 2 aromatic heterocycles. The van der Waals surface area contributed by atoms with E-state index in [-0.39, 0.29) is 11.7 Å². The lowest BCUT2D eigenvalue weighted by molar-refractivity contribution is -0.132. The first-order valence-electron chi connectivity index (χ1n) is 9.08. The molecule has 0 aliphatic carbocycles. The highest BCUT2D eigenvalue weighted by molar-refractivity contribution is 5.95. The molecule has 1 aromatic carbocycles. The summed E-state index contributed by atoms with van der Waals surface area (Å²) >= 11 is 0. The van der Waals surface area contributed by atoms with Crippen LogP contribution in [0.15, 0.2) is 53.1 Å². The van der Waals surface area contributed by atoms with Crippen LogP contribution in [0.5, 0.6) is 0 Å². The maximum Gasteiger partial charge on any atom is 0.287 e. The molecule has 1 N–H and O–H groups in total. The van der Waals surface area contributed by atoms with E-state index in [0.717, 1.165) is 22.6 Å². The minimum Gasteiger partial charge on any atom is -0.459 e. The second kappa shape index (κ2) is 8.12. The molecule has 7 heteroatoms. The number of para-hydroxylation sites is 1. The summed E-state index contributed by atoms with van der Waals surface area (Å²) in [5, 5.41) is 7.28. The number of likely N-dealkylation sites (N-methyl/N-ethyl adjacent to an activating group) is 1. The normalized spacial score (nSPS) is 11.9. The Kier molecular flexibility index (Phi) is 5.63. The van der Waals surface area contributed by atoms with Gasteiger partial charge >= 0.3 is 0 Å². The molecule has 7 nitrogen and oxygen atoms in total. The Morgan fingerprint density at radius 2 is 1.89 bits per heavy atom. The van der Waals surface area contributed by atoms with Gasteiger partial charge in [-0.3, -0.25) is 9.59 Å². The summed E-state index contributed by atoms with van der Waals surface area (Å²) < 4.78 is 6.94. The average molecular weight is 380 g/mol. The van der Waals surface area contributed by atoms with Crippen molar-refractivity contribution in [3.63, 3.8) is 0 Å².